The molecular weight excluding hydrogens is 378 g/mol. The van der Waals surface area contributed by atoms with Gasteiger partial charge in [0.25, 0.3) is 5.91 Å². The van der Waals surface area contributed by atoms with E-state index in [1.54, 1.807) is 12.1 Å². The van der Waals surface area contributed by atoms with Crippen LogP contribution in [0.4, 0.5) is 5.69 Å². The summed E-state index contributed by atoms with van der Waals surface area (Å²) in [6, 6.07) is 9.34. The van der Waals surface area contributed by atoms with Crippen LogP contribution in [0.3, 0.4) is 0 Å². The predicted molar refractivity (Wildman–Crippen MR) is 98.6 cm³/mol. The molecule has 2 rings (SSSR count). The number of ether oxygens (including phenoxy) is 1. The zero-order chi connectivity index (χ0) is 17.0. The molecule has 0 radical (unpaired) electrons. The number of benzene rings is 2. The lowest BCUT2D eigenvalue weighted by atomic mass is 10.1. The first kappa shape index (κ1) is 17.8. The number of halogens is 2. The summed E-state index contributed by atoms with van der Waals surface area (Å²) in [7, 11) is 0. The Morgan fingerprint density at radius 1 is 1.22 bits per heavy atom. The number of amides is 1. The van der Waals surface area contributed by atoms with Crippen LogP contribution in [0.2, 0.25) is 5.02 Å². The van der Waals surface area contributed by atoms with Crippen LogP contribution < -0.4 is 10.1 Å². The molecule has 0 aliphatic carbocycles. The highest BCUT2D eigenvalue weighted by atomic mass is 79.9. The maximum atomic E-state index is 12.2. The van der Waals surface area contributed by atoms with Crippen LogP contribution in [-0.4, -0.2) is 12.5 Å². The van der Waals surface area contributed by atoms with Crippen molar-refractivity contribution in [3.63, 3.8) is 0 Å². The summed E-state index contributed by atoms with van der Waals surface area (Å²) in [5.74, 6) is 0.447. The molecule has 0 aliphatic rings. The van der Waals surface area contributed by atoms with Crippen LogP contribution in [-0.2, 0) is 11.2 Å². The van der Waals surface area contributed by atoms with Crippen LogP contribution in [0.1, 0.15) is 23.6 Å². The molecule has 0 heterocycles. The van der Waals surface area contributed by atoms with Crippen molar-refractivity contribution in [2.75, 3.05) is 11.9 Å². The van der Waals surface area contributed by atoms with Crippen molar-refractivity contribution in [2.24, 2.45) is 0 Å². The smallest absolute Gasteiger partial charge is 0.262 e. The van der Waals surface area contributed by atoms with Crippen LogP contribution >= 0.6 is 27.5 Å². The van der Waals surface area contributed by atoms with E-state index in [0.717, 1.165) is 33.3 Å². The highest BCUT2D eigenvalue weighted by molar-refractivity contribution is 9.10. The van der Waals surface area contributed by atoms with Gasteiger partial charge >= 0.3 is 0 Å². The van der Waals surface area contributed by atoms with E-state index in [1.807, 2.05) is 32.0 Å². The van der Waals surface area contributed by atoms with E-state index in [-0.39, 0.29) is 12.5 Å². The number of hydrogen-bond donors (Lipinski definition) is 1. The van der Waals surface area contributed by atoms with Gasteiger partial charge in [-0.05, 0) is 67.3 Å². The van der Waals surface area contributed by atoms with Crippen molar-refractivity contribution in [1.82, 2.24) is 0 Å². The first-order valence-corrected chi connectivity index (χ1v) is 8.55. The van der Waals surface area contributed by atoms with E-state index in [2.05, 4.69) is 28.2 Å². The molecule has 23 heavy (non-hydrogen) atoms. The standard InChI is InChI=1S/C18H19BrClNO2/c1-4-13-9-14(19)7-12(3)18(13)21-17(22)10-23-15-5-6-16(20)11(2)8-15/h5-9H,4,10H2,1-3H3,(H,21,22). The summed E-state index contributed by atoms with van der Waals surface area (Å²) in [5.41, 5.74) is 3.89. The molecule has 0 saturated carbocycles. The molecule has 0 bridgehead atoms. The Hall–Kier alpha value is -1.52. The Morgan fingerprint density at radius 2 is 1.96 bits per heavy atom. The molecule has 0 saturated heterocycles. The van der Waals surface area contributed by atoms with Crippen LogP contribution in [0.5, 0.6) is 5.75 Å². The molecule has 0 aromatic heterocycles. The average molecular weight is 397 g/mol. The molecule has 0 unspecified atom stereocenters. The summed E-state index contributed by atoms with van der Waals surface area (Å²) in [4.78, 5) is 12.2. The van der Waals surface area contributed by atoms with E-state index in [4.69, 9.17) is 16.3 Å². The van der Waals surface area contributed by atoms with Crippen molar-refractivity contribution >= 4 is 39.1 Å². The first-order chi connectivity index (χ1) is 10.9. The molecular formula is C18H19BrClNO2. The highest BCUT2D eigenvalue weighted by Crippen LogP contribution is 2.26. The van der Waals surface area contributed by atoms with E-state index in [9.17, 15) is 4.79 Å². The van der Waals surface area contributed by atoms with Crippen LogP contribution in [0.15, 0.2) is 34.8 Å². The summed E-state index contributed by atoms with van der Waals surface area (Å²) >= 11 is 9.46. The Kier molecular flexibility index (Phi) is 6.08. The normalized spacial score (nSPS) is 10.5. The lowest BCUT2D eigenvalue weighted by Crippen LogP contribution is -2.21. The second kappa shape index (κ2) is 7.84. The number of aryl methyl sites for hydroxylation is 3. The maximum Gasteiger partial charge on any atom is 0.262 e. The van der Waals surface area contributed by atoms with Gasteiger partial charge in [-0.15, -0.1) is 0 Å². The zero-order valence-electron chi connectivity index (χ0n) is 13.4. The SMILES string of the molecule is CCc1cc(Br)cc(C)c1NC(=O)COc1ccc(Cl)c(C)c1. The van der Waals surface area contributed by atoms with E-state index in [1.165, 1.54) is 0 Å². The summed E-state index contributed by atoms with van der Waals surface area (Å²) in [6.07, 6.45) is 0.840. The maximum absolute atomic E-state index is 12.2. The fourth-order valence-electron chi connectivity index (χ4n) is 2.30. The van der Waals surface area contributed by atoms with E-state index < -0.39 is 0 Å². The van der Waals surface area contributed by atoms with Gasteiger partial charge in [0.05, 0.1) is 0 Å². The molecule has 3 nitrogen and oxygen atoms in total. The van der Waals surface area contributed by atoms with E-state index in [0.29, 0.717) is 10.8 Å². The number of carbonyl (C=O) groups is 1. The monoisotopic (exact) mass is 395 g/mol. The minimum atomic E-state index is -0.183. The Balaban J connectivity index is 2.04. The van der Waals surface area contributed by atoms with Gasteiger partial charge in [-0.1, -0.05) is 34.5 Å². The molecule has 0 aliphatic heterocycles. The van der Waals surface area contributed by atoms with Crippen molar-refractivity contribution in [3.05, 3.63) is 56.5 Å². The number of carbonyl (C=O) groups excluding carboxylic acids is 1. The largest absolute Gasteiger partial charge is 0.484 e. The molecule has 1 amide bonds. The molecule has 122 valence electrons. The van der Waals surface area contributed by atoms with Gasteiger partial charge in [0.1, 0.15) is 5.75 Å². The molecule has 1 N–H and O–H groups in total. The van der Waals surface area contributed by atoms with Gasteiger partial charge in [0.2, 0.25) is 0 Å². The third kappa shape index (κ3) is 4.72. The Labute approximate surface area is 150 Å². The fraction of sp³-hybridized carbons (Fsp3) is 0.278. The predicted octanol–water partition coefficient (Wildman–Crippen LogP) is 5.30. The third-order valence-corrected chi connectivity index (χ3v) is 4.41. The first-order valence-electron chi connectivity index (χ1n) is 7.38. The number of hydrogen-bond acceptors (Lipinski definition) is 2. The molecule has 0 fully saturated rings. The zero-order valence-corrected chi connectivity index (χ0v) is 15.7. The van der Waals surface area contributed by atoms with Gasteiger partial charge in [-0.25, -0.2) is 0 Å². The molecule has 2 aromatic rings. The Bertz CT molecular complexity index is 731. The van der Waals surface area contributed by atoms with Gasteiger partial charge < -0.3 is 10.1 Å². The average Bonchev–Trinajstić information content (AvgIpc) is 2.50. The quantitative estimate of drug-likeness (QED) is 0.745. The summed E-state index contributed by atoms with van der Waals surface area (Å²) in [6.45, 7) is 5.89. The second-order valence-corrected chi connectivity index (χ2v) is 6.68. The van der Waals surface area contributed by atoms with Crippen molar-refractivity contribution in [3.8, 4) is 5.75 Å². The van der Waals surface area contributed by atoms with Crippen LogP contribution in [0.25, 0.3) is 0 Å². The van der Waals surface area contributed by atoms with Crippen molar-refractivity contribution in [1.29, 1.82) is 0 Å². The lowest BCUT2D eigenvalue weighted by Gasteiger charge is -2.14. The Morgan fingerprint density at radius 3 is 2.61 bits per heavy atom. The molecule has 2 aromatic carbocycles. The van der Waals surface area contributed by atoms with Gasteiger partial charge in [-0.3, -0.25) is 4.79 Å². The minimum absolute atomic E-state index is 0.0419. The van der Waals surface area contributed by atoms with Crippen molar-refractivity contribution < 1.29 is 9.53 Å². The van der Waals surface area contributed by atoms with Crippen LogP contribution in [0, 0.1) is 13.8 Å². The van der Waals surface area contributed by atoms with Crippen molar-refractivity contribution in [2.45, 2.75) is 27.2 Å². The number of nitrogens with one attached hydrogen (secondary N) is 1. The second-order valence-electron chi connectivity index (χ2n) is 5.36. The number of rotatable bonds is 5. The summed E-state index contributed by atoms with van der Waals surface area (Å²) in [5, 5.41) is 3.62. The third-order valence-electron chi connectivity index (χ3n) is 3.53. The molecule has 0 spiro atoms. The highest BCUT2D eigenvalue weighted by Gasteiger charge is 2.11. The number of anilines is 1. The lowest BCUT2D eigenvalue weighted by molar-refractivity contribution is -0.118. The minimum Gasteiger partial charge on any atom is -0.484 e. The van der Waals surface area contributed by atoms with Gasteiger partial charge in [-0.2, -0.15) is 0 Å². The van der Waals surface area contributed by atoms with Gasteiger partial charge in [0, 0.05) is 15.2 Å². The van der Waals surface area contributed by atoms with Gasteiger partial charge in [0.15, 0.2) is 6.61 Å². The fourth-order valence-corrected chi connectivity index (χ4v) is 3.04. The molecule has 0 atom stereocenters. The van der Waals surface area contributed by atoms with E-state index >= 15 is 0 Å². The molecule has 5 heteroatoms. The topological polar surface area (TPSA) is 38.3 Å². The summed E-state index contributed by atoms with van der Waals surface area (Å²) < 4.78 is 6.54.